The Morgan fingerprint density at radius 2 is 1.87 bits per heavy atom. The van der Waals surface area contributed by atoms with Gasteiger partial charge in [0.05, 0.1) is 14.2 Å². The highest BCUT2D eigenvalue weighted by Crippen LogP contribution is 2.30. The molecule has 1 aromatic heterocycles. The van der Waals surface area contributed by atoms with E-state index in [0.29, 0.717) is 23.4 Å². The van der Waals surface area contributed by atoms with Crippen molar-refractivity contribution in [1.29, 1.82) is 0 Å². The molecule has 0 bridgehead atoms. The fourth-order valence-electron chi connectivity index (χ4n) is 2.05. The maximum Gasteiger partial charge on any atom is 0.229 e. The first-order chi connectivity index (χ1) is 11.1. The summed E-state index contributed by atoms with van der Waals surface area (Å²) in [5, 5.41) is 6.48. The molecule has 1 aromatic carbocycles. The van der Waals surface area contributed by atoms with Crippen LogP contribution in [-0.4, -0.2) is 30.7 Å². The lowest BCUT2D eigenvalue weighted by atomic mass is 10.1. The SMILES string of the molecule is COc1ccc(Nc2nccc(NCCC(C)C)n2)cc1OC. The molecule has 0 saturated carbocycles. The third-order valence-electron chi connectivity index (χ3n) is 3.32. The topological polar surface area (TPSA) is 68.3 Å². The van der Waals surface area contributed by atoms with Crippen LogP contribution in [0, 0.1) is 5.92 Å². The van der Waals surface area contributed by atoms with Crippen molar-refractivity contribution >= 4 is 17.5 Å². The van der Waals surface area contributed by atoms with Crippen molar-refractivity contribution in [2.75, 3.05) is 31.4 Å². The maximum absolute atomic E-state index is 5.30. The molecule has 2 N–H and O–H groups in total. The first-order valence-corrected chi connectivity index (χ1v) is 7.68. The first-order valence-electron chi connectivity index (χ1n) is 7.68. The van der Waals surface area contributed by atoms with Gasteiger partial charge < -0.3 is 20.1 Å². The van der Waals surface area contributed by atoms with Crippen LogP contribution in [0.3, 0.4) is 0 Å². The van der Waals surface area contributed by atoms with Gasteiger partial charge in [-0.3, -0.25) is 0 Å². The van der Waals surface area contributed by atoms with Crippen molar-refractivity contribution in [2.45, 2.75) is 20.3 Å². The summed E-state index contributed by atoms with van der Waals surface area (Å²) < 4.78 is 10.5. The van der Waals surface area contributed by atoms with E-state index >= 15 is 0 Å². The third kappa shape index (κ3) is 5.02. The molecule has 0 aliphatic carbocycles. The number of hydrogen-bond acceptors (Lipinski definition) is 6. The van der Waals surface area contributed by atoms with E-state index in [2.05, 4.69) is 34.4 Å². The molecular weight excluding hydrogens is 292 g/mol. The summed E-state index contributed by atoms with van der Waals surface area (Å²) in [5.41, 5.74) is 0.835. The van der Waals surface area contributed by atoms with Gasteiger partial charge >= 0.3 is 0 Å². The molecule has 0 amide bonds. The van der Waals surface area contributed by atoms with E-state index in [1.54, 1.807) is 20.4 Å². The molecule has 2 rings (SSSR count). The van der Waals surface area contributed by atoms with Crippen LogP contribution in [-0.2, 0) is 0 Å². The van der Waals surface area contributed by atoms with Crippen LogP contribution in [0.4, 0.5) is 17.5 Å². The van der Waals surface area contributed by atoms with Crippen LogP contribution >= 0.6 is 0 Å². The normalized spacial score (nSPS) is 10.5. The van der Waals surface area contributed by atoms with Gasteiger partial charge in [0, 0.05) is 24.5 Å². The van der Waals surface area contributed by atoms with Crippen LogP contribution in [0.1, 0.15) is 20.3 Å². The smallest absolute Gasteiger partial charge is 0.229 e. The first kappa shape index (κ1) is 16.9. The van der Waals surface area contributed by atoms with E-state index in [-0.39, 0.29) is 0 Å². The quantitative estimate of drug-likeness (QED) is 0.774. The maximum atomic E-state index is 5.30. The molecule has 6 nitrogen and oxygen atoms in total. The van der Waals surface area contributed by atoms with Crippen molar-refractivity contribution in [2.24, 2.45) is 5.92 Å². The molecule has 0 fully saturated rings. The second-order valence-corrected chi connectivity index (χ2v) is 5.57. The number of hydrogen-bond donors (Lipinski definition) is 2. The van der Waals surface area contributed by atoms with Gasteiger partial charge in [-0.1, -0.05) is 13.8 Å². The van der Waals surface area contributed by atoms with Crippen LogP contribution in [0.15, 0.2) is 30.5 Å². The molecule has 1 heterocycles. The zero-order chi connectivity index (χ0) is 16.7. The van der Waals surface area contributed by atoms with Crippen LogP contribution in [0.2, 0.25) is 0 Å². The summed E-state index contributed by atoms with van der Waals surface area (Å²) in [6.07, 6.45) is 2.83. The van der Waals surface area contributed by atoms with E-state index in [4.69, 9.17) is 9.47 Å². The van der Waals surface area contributed by atoms with Gasteiger partial charge in [-0.25, -0.2) is 4.98 Å². The highest BCUT2D eigenvalue weighted by atomic mass is 16.5. The van der Waals surface area contributed by atoms with Crippen molar-refractivity contribution in [3.05, 3.63) is 30.5 Å². The Morgan fingerprint density at radius 1 is 1.09 bits per heavy atom. The lowest BCUT2D eigenvalue weighted by Crippen LogP contribution is -2.07. The Hall–Kier alpha value is -2.50. The molecule has 0 saturated heterocycles. The van der Waals surface area contributed by atoms with Gasteiger partial charge in [0.25, 0.3) is 0 Å². The second-order valence-electron chi connectivity index (χ2n) is 5.57. The van der Waals surface area contributed by atoms with Crippen LogP contribution < -0.4 is 20.1 Å². The molecule has 2 aromatic rings. The van der Waals surface area contributed by atoms with Gasteiger partial charge in [0.1, 0.15) is 5.82 Å². The van der Waals surface area contributed by atoms with Gasteiger partial charge in [-0.15, -0.1) is 0 Å². The van der Waals surface area contributed by atoms with E-state index < -0.39 is 0 Å². The van der Waals surface area contributed by atoms with Crippen molar-refractivity contribution < 1.29 is 9.47 Å². The summed E-state index contributed by atoms with van der Waals surface area (Å²) in [4.78, 5) is 8.70. The Bertz CT molecular complexity index is 632. The fourth-order valence-corrected chi connectivity index (χ4v) is 2.05. The number of rotatable bonds is 8. The molecule has 0 spiro atoms. The zero-order valence-electron chi connectivity index (χ0n) is 14.1. The van der Waals surface area contributed by atoms with Gasteiger partial charge in [0.2, 0.25) is 5.95 Å². The Kier molecular flexibility index (Phi) is 6.02. The number of benzene rings is 1. The fraction of sp³-hybridized carbons (Fsp3) is 0.412. The summed E-state index contributed by atoms with van der Waals surface area (Å²) in [6, 6.07) is 7.44. The van der Waals surface area contributed by atoms with E-state index in [9.17, 15) is 0 Å². The summed E-state index contributed by atoms with van der Waals surface area (Å²) in [7, 11) is 3.22. The zero-order valence-corrected chi connectivity index (χ0v) is 14.1. The number of nitrogens with one attached hydrogen (secondary N) is 2. The molecule has 0 radical (unpaired) electrons. The average molecular weight is 316 g/mol. The summed E-state index contributed by atoms with van der Waals surface area (Å²) >= 11 is 0. The Labute approximate surface area is 137 Å². The van der Waals surface area contributed by atoms with E-state index in [0.717, 1.165) is 24.5 Å². The molecule has 124 valence electrons. The Balaban J connectivity index is 2.05. The molecule has 0 atom stereocenters. The highest BCUT2D eigenvalue weighted by molar-refractivity contribution is 5.60. The number of ether oxygens (including phenoxy) is 2. The molecular formula is C17H24N4O2. The lowest BCUT2D eigenvalue weighted by Gasteiger charge is -2.11. The number of nitrogens with zero attached hydrogens (tertiary/aromatic N) is 2. The van der Waals surface area contributed by atoms with E-state index in [1.165, 1.54) is 0 Å². The number of methoxy groups -OCH3 is 2. The number of anilines is 3. The number of aromatic nitrogens is 2. The predicted octanol–water partition coefficient (Wildman–Crippen LogP) is 3.70. The second kappa shape index (κ2) is 8.22. The predicted molar refractivity (Wildman–Crippen MR) is 92.8 cm³/mol. The summed E-state index contributed by atoms with van der Waals surface area (Å²) in [5.74, 6) is 3.34. The van der Waals surface area contributed by atoms with Crippen LogP contribution in [0.25, 0.3) is 0 Å². The van der Waals surface area contributed by atoms with Gasteiger partial charge in [-0.05, 0) is 30.5 Å². The van der Waals surface area contributed by atoms with Crippen molar-refractivity contribution in [3.63, 3.8) is 0 Å². The minimum Gasteiger partial charge on any atom is -0.493 e. The average Bonchev–Trinajstić information content (AvgIpc) is 2.54. The standard InChI is InChI=1S/C17H24N4O2/c1-12(2)7-9-18-16-8-10-19-17(21-16)20-13-5-6-14(22-3)15(11-13)23-4/h5-6,8,10-12H,7,9H2,1-4H3,(H2,18,19,20,21). The minimum absolute atomic E-state index is 0.534. The lowest BCUT2D eigenvalue weighted by molar-refractivity contribution is 0.355. The van der Waals surface area contributed by atoms with E-state index in [1.807, 2.05) is 24.3 Å². The monoisotopic (exact) mass is 316 g/mol. The molecule has 0 aliphatic rings. The largest absolute Gasteiger partial charge is 0.493 e. The molecule has 0 unspecified atom stereocenters. The van der Waals surface area contributed by atoms with Crippen molar-refractivity contribution in [3.8, 4) is 11.5 Å². The molecule has 23 heavy (non-hydrogen) atoms. The van der Waals surface area contributed by atoms with Crippen molar-refractivity contribution in [1.82, 2.24) is 9.97 Å². The highest BCUT2D eigenvalue weighted by Gasteiger charge is 2.06. The summed E-state index contributed by atoms with van der Waals surface area (Å²) in [6.45, 7) is 5.29. The van der Waals surface area contributed by atoms with Crippen LogP contribution in [0.5, 0.6) is 11.5 Å². The van der Waals surface area contributed by atoms with Gasteiger partial charge in [-0.2, -0.15) is 4.98 Å². The molecule has 6 heteroatoms. The Morgan fingerprint density at radius 3 is 2.57 bits per heavy atom. The minimum atomic E-state index is 0.534. The van der Waals surface area contributed by atoms with Gasteiger partial charge in [0.15, 0.2) is 11.5 Å². The third-order valence-corrected chi connectivity index (χ3v) is 3.32. The molecule has 0 aliphatic heterocycles.